The molecule has 2 aromatic carbocycles. The smallest absolute Gasteiger partial charge is 0.128 e. The topological polar surface area (TPSA) is 69.3 Å². The maximum atomic E-state index is 10.9. The lowest BCUT2D eigenvalue weighted by molar-refractivity contribution is -0.0518. The van der Waals surface area contributed by atoms with E-state index in [0.29, 0.717) is 6.54 Å². The van der Waals surface area contributed by atoms with Gasteiger partial charge in [0, 0.05) is 18.5 Å². The Morgan fingerprint density at radius 1 is 1.08 bits per heavy atom. The molecule has 1 aromatic heterocycles. The van der Waals surface area contributed by atoms with Gasteiger partial charge in [-0.2, -0.15) is 0 Å². The average Bonchev–Trinajstić information content (AvgIpc) is 2.64. The SMILES string of the molecule is CC1(C)Oc2cc3nccnc3cc2C([N-]CCc2ccccc2)[C@H]1O. The second-order valence-electron chi connectivity index (χ2n) is 7.17. The van der Waals surface area contributed by atoms with Gasteiger partial charge in [0.15, 0.2) is 0 Å². The van der Waals surface area contributed by atoms with Gasteiger partial charge in [-0.1, -0.05) is 36.4 Å². The first-order chi connectivity index (χ1) is 12.5. The summed E-state index contributed by atoms with van der Waals surface area (Å²) in [4.78, 5) is 8.72. The molecule has 0 aliphatic carbocycles. The van der Waals surface area contributed by atoms with Crippen LogP contribution in [0.3, 0.4) is 0 Å². The monoisotopic (exact) mass is 348 g/mol. The number of aromatic nitrogens is 2. The van der Waals surface area contributed by atoms with Crippen LogP contribution in [0.15, 0.2) is 54.9 Å². The van der Waals surface area contributed by atoms with Crippen LogP contribution < -0.4 is 4.74 Å². The zero-order valence-electron chi connectivity index (χ0n) is 15.0. The molecule has 2 heterocycles. The first-order valence-corrected chi connectivity index (χ1v) is 8.87. The van der Waals surface area contributed by atoms with Gasteiger partial charge in [0.2, 0.25) is 0 Å². The van der Waals surface area contributed by atoms with Crippen molar-refractivity contribution in [1.29, 1.82) is 0 Å². The standard InChI is InChI=1S/C21H22N3O2/c1-21(2)20(25)19(24-9-8-14-6-4-3-5-7-14)15-12-16-17(13-18(15)26-21)23-11-10-22-16/h3-7,10-13,19-20,25H,8-9H2,1-2H3/q-1/t19?,20-/m1/s1. The lowest BCUT2D eigenvalue weighted by Crippen LogP contribution is -2.48. The lowest BCUT2D eigenvalue weighted by Gasteiger charge is -2.48. The molecule has 4 rings (SSSR count). The van der Waals surface area contributed by atoms with Crippen molar-refractivity contribution < 1.29 is 9.84 Å². The summed E-state index contributed by atoms with van der Waals surface area (Å²) in [7, 11) is 0. The Hall–Kier alpha value is -2.50. The van der Waals surface area contributed by atoms with Crippen molar-refractivity contribution in [2.75, 3.05) is 6.54 Å². The fourth-order valence-electron chi connectivity index (χ4n) is 3.40. The van der Waals surface area contributed by atoms with Gasteiger partial charge in [-0.05, 0) is 37.5 Å². The molecule has 5 heteroatoms. The number of benzene rings is 2. The van der Waals surface area contributed by atoms with E-state index >= 15 is 0 Å². The molecule has 1 aliphatic rings. The molecular weight excluding hydrogens is 326 g/mol. The fraction of sp³-hybridized carbons (Fsp3) is 0.333. The molecule has 5 nitrogen and oxygen atoms in total. The minimum atomic E-state index is -0.722. The Balaban J connectivity index is 1.63. The van der Waals surface area contributed by atoms with E-state index in [1.54, 1.807) is 12.4 Å². The van der Waals surface area contributed by atoms with Crippen LogP contribution in [0.4, 0.5) is 0 Å². The van der Waals surface area contributed by atoms with Gasteiger partial charge in [-0.25, -0.2) is 0 Å². The molecule has 0 fully saturated rings. The van der Waals surface area contributed by atoms with E-state index in [9.17, 15) is 5.11 Å². The van der Waals surface area contributed by atoms with Crippen LogP contribution >= 0.6 is 0 Å². The lowest BCUT2D eigenvalue weighted by atomic mass is 9.86. The first kappa shape index (κ1) is 16.9. The molecule has 0 amide bonds. The van der Waals surface area contributed by atoms with Crippen LogP contribution in [-0.4, -0.2) is 33.3 Å². The quantitative estimate of drug-likeness (QED) is 0.778. The number of nitrogens with zero attached hydrogens (tertiary/aromatic N) is 3. The molecule has 0 radical (unpaired) electrons. The average molecular weight is 348 g/mol. The molecular formula is C21H22N3O2-. The number of ether oxygens (including phenoxy) is 1. The largest absolute Gasteiger partial charge is 0.653 e. The normalized spacial score (nSPS) is 21.2. The van der Waals surface area contributed by atoms with Gasteiger partial charge in [0.25, 0.3) is 0 Å². The summed E-state index contributed by atoms with van der Waals surface area (Å²) < 4.78 is 6.06. The predicted molar refractivity (Wildman–Crippen MR) is 101 cm³/mol. The second-order valence-corrected chi connectivity index (χ2v) is 7.17. The molecule has 3 aromatic rings. The third kappa shape index (κ3) is 3.16. The van der Waals surface area contributed by atoms with Crippen LogP contribution in [0, 0.1) is 0 Å². The number of hydrogen-bond donors (Lipinski definition) is 1. The maximum Gasteiger partial charge on any atom is 0.128 e. The van der Waals surface area contributed by atoms with Gasteiger partial charge in [-0.3, -0.25) is 9.97 Å². The van der Waals surface area contributed by atoms with E-state index < -0.39 is 11.7 Å². The van der Waals surface area contributed by atoms with Crippen LogP contribution in [0.5, 0.6) is 5.75 Å². The van der Waals surface area contributed by atoms with Crippen molar-refractivity contribution in [3.63, 3.8) is 0 Å². The van der Waals surface area contributed by atoms with Gasteiger partial charge >= 0.3 is 0 Å². The van der Waals surface area contributed by atoms with Gasteiger partial charge in [0.05, 0.1) is 17.1 Å². The zero-order valence-corrected chi connectivity index (χ0v) is 15.0. The number of aliphatic hydroxyl groups is 1. The summed E-state index contributed by atoms with van der Waals surface area (Å²) in [5.74, 6) is 0.724. The Morgan fingerprint density at radius 2 is 1.77 bits per heavy atom. The number of aliphatic hydroxyl groups excluding tert-OH is 1. The van der Waals surface area contributed by atoms with Gasteiger partial charge < -0.3 is 15.2 Å². The molecule has 1 unspecified atom stereocenters. The van der Waals surface area contributed by atoms with Crippen molar-refractivity contribution in [2.45, 2.75) is 38.0 Å². The maximum absolute atomic E-state index is 10.9. The van der Waals surface area contributed by atoms with E-state index in [-0.39, 0.29) is 6.04 Å². The highest BCUT2D eigenvalue weighted by Gasteiger charge is 2.38. The fourth-order valence-corrected chi connectivity index (χ4v) is 3.40. The number of fused-ring (bicyclic) bond motifs is 2. The van der Waals surface area contributed by atoms with Gasteiger partial charge in [-0.15, -0.1) is 6.54 Å². The minimum Gasteiger partial charge on any atom is -0.653 e. The van der Waals surface area contributed by atoms with Crippen molar-refractivity contribution in [1.82, 2.24) is 9.97 Å². The molecule has 26 heavy (non-hydrogen) atoms. The van der Waals surface area contributed by atoms with Gasteiger partial charge in [0.1, 0.15) is 11.4 Å². The summed E-state index contributed by atoms with van der Waals surface area (Å²) in [6, 6.07) is 13.7. The van der Waals surface area contributed by atoms with E-state index in [1.165, 1.54) is 5.56 Å². The number of hydrogen-bond acceptors (Lipinski definition) is 4. The predicted octanol–water partition coefficient (Wildman–Crippen LogP) is 3.82. The van der Waals surface area contributed by atoms with E-state index in [0.717, 1.165) is 28.8 Å². The molecule has 1 aliphatic heterocycles. The third-order valence-electron chi connectivity index (χ3n) is 4.87. The highest BCUT2D eigenvalue weighted by molar-refractivity contribution is 5.78. The summed E-state index contributed by atoms with van der Waals surface area (Å²) >= 11 is 0. The molecule has 0 saturated carbocycles. The molecule has 0 spiro atoms. The molecule has 1 N–H and O–H groups in total. The Kier molecular flexibility index (Phi) is 4.34. The van der Waals surface area contributed by atoms with E-state index in [2.05, 4.69) is 22.1 Å². The van der Waals surface area contributed by atoms with Crippen molar-refractivity contribution in [3.05, 3.63) is 71.3 Å². The minimum absolute atomic E-state index is 0.344. The molecule has 2 atom stereocenters. The van der Waals surface area contributed by atoms with Crippen molar-refractivity contribution in [3.8, 4) is 5.75 Å². The number of rotatable bonds is 4. The highest BCUT2D eigenvalue weighted by Crippen LogP contribution is 2.44. The molecule has 0 saturated heterocycles. The zero-order chi connectivity index (χ0) is 18.1. The van der Waals surface area contributed by atoms with E-state index in [4.69, 9.17) is 10.1 Å². The van der Waals surface area contributed by atoms with Crippen LogP contribution in [0.1, 0.15) is 31.0 Å². The van der Waals surface area contributed by atoms with Crippen molar-refractivity contribution >= 4 is 11.0 Å². The third-order valence-corrected chi connectivity index (χ3v) is 4.87. The Morgan fingerprint density at radius 3 is 2.50 bits per heavy atom. The van der Waals surface area contributed by atoms with Crippen LogP contribution in [-0.2, 0) is 6.42 Å². The Labute approximate surface area is 153 Å². The van der Waals surface area contributed by atoms with Crippen molar-refractivity contribution in [2.24, 2.45) is 0 Å². The summed E-state index contributed by atoms with van der Waals surface area (Å²) in [6.45, 7) is 4.42. The highest BCUT2D eigenvalue weighted by atomic mass is 16.5. The summed E-state index contributed by atoms with van der Waals surface area (Å²) in [5, 5.41) is 15.7. The van der Waals surface area contributed by atoms with Crippen LogP contribution in [0.25, 0.3) is 16.4 Å². The van der Waals surface area contributed by atoms with E-state index in [1.807, 2.05) is 44.2 Å². The second kappa shape index (κ2) is 6.67. The molecule has 0 bridgehead atoms. The van der Waals surface area contributed by atoms with Crippen LogP contribution in [0.2, 0.25) is 0 Å². The molecule has 134 valence electrons. The summed E-state index contributed by atoms with van der Waals surface area (Å²) in [5.41, 5.74) is 2.95. The summed E-state index contributed by atoms with van der Waals surface area (Å²) in [6.07, 6.45) is 3.45. The Bertz CT molecular complexity index is 912. The first-order valence-electron chi connectivity index (χ1n) is 8.87.